The van der Waals surface area contributed by atoms with Crippen LogP contribution in [-0.4, -0.2) is 10.4 Å². The number of benzene rings is 1. The van der Waals surface area contributed by atoms with Crippen LogP contribution in [0.2, 0.25) is 5.02 Å². The summed E-state index contributed by atoms with van der Waals surface area (Å²) in [5.74, 6) is 0.175. The lowest BCUT2D eigenvalue weighted by molar-refractivity contribution is -0.116. The van der Waals surface area contributed by atoms with Crippen molar-refractivity contribution in [2.75, 3.05) is 0 Å². The van der Waals surface area contributed by atoms with E-state index in [9.17, 15) is 4.79 Å². The van der Waals surface area contributed by atoms with E-state index >= 15 is 0 Å². The maximum absolute atomic E-state index is 11.2. The van der Waals surface area contributed by atoms with Crippen molar-refractivity contribution in [1.82, 2.24) is 4.57 Å². The number of para-hydroxylation sites is 1. The van der Waals surface area contributed by atoms with Gasteiger partial charge in [0.15, 0.2) is 0 Å². The molecular formula is C13H14ClNO. The predicted octanol–water partition coefficient (Wildman–Crippen LogP) is 3.45. The van der Waals surface area contributed by atoms with Crippen molar-refractivity contribution < 1.29 is 4.79 Å². The van der Waals surface area contributed by atoms with Gasteiger partial charge >= 0.3 is 0 Å². The Morgan fingerprint density at radius 2 is 2.19 bits per heavy atom. The summed E-state index contributed by atoms with van der Waals surface area (Å²) in [6, 6.07) is 7.89. The first-order valence-corrected chi connectivity index (χ1v) is 5.77. The number of carbonyl (C=O) groups excluding carboxylic acids is 1. The Kier molecular flexibility index (Phi) is 3.01. The number of ketones is 1. The zero-order chi connectivity index (χ0) is 11.7. The molecule has 0 unspecified atom stereocenters. The van der Waals surface area contributed by atoms with Gasteiger partial charge in [-0.05, 0) is 26.0 Å². The highest BCUT2D eigenvalue weighted by molar-refractivity contribution is 6.35. The highest BCUT2D eigenvalue weighted by Crippen LogP contribution is 2.27. The summed E-state index contributed by atoms with van der Waals surface area (Å²) < 4.78 is 2.11. The van der Waals surface area contributed by atoms with Crippen LogP contribution < -0.4 is 0 Å². The molecule has 1 aromatic heterocycles. The van der Waals surface area contributed by atoms with Crippen molar-refractivity contribution in [3.63, 3.8) is 0 Å². The molecule has 0 atom stereocenters. The molecule has 0 bridgehead atoms. The van der Waals surface area contributed by atoms with Gasteiger partial charge < -0.3 is 4.57 Å². The molecule has 1 heterocycles. The largest absolute Gasteiger partial charge is 0.343 e. The first kappa shape index (κ1) is 11.2. The molecule has 16 heavy (non-hydrogen) atoms. The molecule has 0 aliphatic rings. The molecule has 2 nitrogen and oxygen atoms in total. The van der Waals surface area contributed by atoms with Gasteiger partial charge in [0.25, 0.3) is 0 Å². The zero-order valence-electron chi connectivity index (χ0n) is 9.46. The summed E-state index contributed by atoms with van der Waals surface area (Å²) in [4.78, 5) is 11.2. The molecule has 0 spiro atoms. The van der Waals surface area contributed by atoms with Gasteiger partial charge in [0.1, 0.15) is 5.78 Å². The van der Waals surface area contributed by atoms with E-state index in [0.29, 0.717) is 6.42 Å². The van der Waals surface area contributed by atoms with Gasteiger partial charge in [-0.1, -0.05) is 23.7 Å². The molecule has 0 aliphatic carbocycles. The highest BCUT2D eigenvalue weighted by Gasteiger charge is 2.11. The van der Waals surface area contributed by atoms with E-state index in [2.05, 4.69) is 11.5 Å². The Hall–Kier alpha value is -1.28. The predicted molar refractivity (Wildman–Crippen MR) is 67.0 cm³/mol. The van der Waals surface area contributed by atoms with Crippen LogP contribution in [0.3, 0.4) is 0 Å². The van der Waals surface area contributed by atoms with Crippen molar-refractivity contribution in [3.05, 3.63) is 35.0 Å². The zero-order valence-corrected chi connectivity index (χ0v) is 10.2. The van der Waals surface area contributed by atoms with Crippen LogP contribution in [0.5, 0.6) is 0 Å². The molecule has 2 rings (SSSR count). The second-order valence-electron chi connectivity index (χ2n) is 3.94. The quantitative estimate of drug-likeness (QED) is 0.799. The summed E-state index contributed by atoms with van der Waals surface area (Å²) in [6.45, 7) is 4.50. The number of halogens is 1. The van der Waals surface area contributed by atoms with Crippen LogP contribution in [0.4, 0.5) is 0 Å². The molecule has 0 aliphatic heterocycles. The lowest BCUT2D eigenvalue weighted by Crippen LogP contribution is -2.05. The third-order valence-electron chi connectivity index (χ3n) is 2.70. The average Bonchev–Trinajstić information content (AvgIpc) is 2.55. The van der Waals surface area contributed by atoms with E-state index in [1.165, 1.54) is 0 Å². The van der Waals surface area contributed by atoms with E-state index in [-0.39, 0.29) is 5.78 Å². The molecule has 0 saturated carbocycles. The minimum atomic E-state index is 0.175. The van der Waals surface area contributed by atoms with Gasteiger partial charge in [0.2, 0.25) is 0 Å². The highest BCUT2D eigenvalue weighted by atomic mass is 35.5. The Bertz CT molecular complexity index is 542. The third-order valence-corrected chi connectivity index (χ3v) is 3.01. The first-order valence-electron chi connectivity index (χ1n) is 5.39. The van der Waals surface area contributed by atoms with Crippen molar-refractivity contribution in [3.8, 4) is 0 Å². The summed E-state index contributed by atoms with van der Waals surface area (Å²) in [5.41, 5.74) is 2.07. The van der Waals surface area contributed by atoms with Crippen LogP contribution in [0.25, 0.3) is 10.9 Å². The number of hydrogen-bond donors (Lipinski definition) is 0. The first-order chi connectivity index (χ1) is 7.63. The lowest BCUT2D eigenvalue weighted by atomic mass is 10.2. The standard InChI is InChI=1S/C13H14ClNO/c1-3-15-11(7-9(2)16)8-10-5-4-6-12(14)13(10)15/h4-6,8H,3,7H2,1-2H3. The van der Waals surface area contributed by atoms with Crippen molar-refractivity contribution in [1.29, 1.82) is 0 Å². The molecule has 0 N–H and O–H groups in total. The third kappa shape index (κ3) is 1.85. The summed E-state index contributed by atoms with van der Waals surface area (Å²) in [7, 11) is 0. The molecule has 3 heteroatoms. The van der Waals surface area contributed by atoms with Crippen molar-refractivity contribution in [2.24, 2.45) is 0 Å². The van der Waals surface area contributed by atoms with Crippen molar-refractivity contribution >= 4 is 28.3 Å². The van der Waals surface area contributed by atoms with Crippen LogP contribution in [0.15, 0.2) is 24.3 Å². The molecule has 0 amide bonds. The molecule has 0 radical (unpaired) electrons. The number of carbonyl (C=O) groups is 1. The van der Waals surface area contributed by atoms with Gasteiger partial charge in [-0.2, -0.15) is 0 Å². The number of Topliss-reactive ketones (excluding diaryl/α,β-unsaturated/α-hetero) is 1. The second-order valence-corrected chi connectivity index (χ2v) is 4.34. The average molecular weight is 236 g/mol. The minimum Gasteiger partial charge on any atom is -0.343 e. The summed E-state index contributed by atoms with van der Waals surface area (Å²) >= 11 is 6.19. The normalized spacial score (nSPS) is 10.9. The fraction of sp³-hybridized carbons (Fsp3) is 0.308. The van der Waals surface area contributed by atoms with E-state index in [4.69, 9.17) is 11.6 Å². The SMILES string of the molecule is CCn1c(CC(C)=O)cc2cccc(Cl)c21. The monoisotopic (exact) mass is 235 g/mol. The maximum Gasteiger partial charge on any atom is 0.135 e. The minimum absolute atomic E-state index is 0.175. The van der Waals surface area contributed by atoms with Gasteiger partial charge in [-0.15, -0.1) is 0 Å². The number of hydrogen-bond acceptors (Lipinski definition) is 1. The van der Waals surface area contributed by atoms with Crippen LogP contribution in [0.1, 0.15) is 19.5 Å². The topological polar surface area (TPSA) is 22.0 Å². The van der Waals surface area contributed by atoms with E-state index < -0.39 is 0 Å². The molecular weight excluding hydrogens is 222 g/mol. The number of aromatic nitrogens is 1. The summed E-state index contributed by atoms with van der Waals surface area (Å²) in [5, 5.41) is 1.85. The Balaban J connectivity index is 2.67. The van der Waals surface area contributed by atoms with E-state index in [0.717, 1.165) is 28.2 Å². The molecule has 0 saturated heterocycles. The fourth-order valence-electron chi connectivity index (χ4n) is 2.10. The Morgan fingerprint density at radius 1 is 1.44 bits per heavy atom. The smallest absolute Gasteiger partial charge is 0.135 e. The Morgan fingerprint density at radius 3 is 2.81 bits per heavy atom. The van der Waals surface area contributed by atoms with Crippen LogP contribution in [-0.2, 0) is 17.8 Å². The maximum atomic E-state index is 11.2. The molecule has 2 aromatic rings. The molecule has 0 fully saturated rings. The number of nitrogens with zero attached hydrogens (tertiary/aromatic N) is 1. The van der Waals surface area contributed by atoms with Gasteiger partial charge in [-0.3, -0.25) is 4.79 Å². The van der Waals surface area contributed by atoms with Crippen LogP contribution >= 0.6 is 11.6 Å². The second kappa shape index (κ2) is 4.30. The molecule has 1 aromatic carbocycles. The number of fused-ring (bicyclic) bond motifs is 1. The Labute approximate surface area is 99.8 Å². The number of rotatable bonds is 3. The van der Waals surface area contributed by atoms with Crippen LogP contribution in [0, 0.1) is 0 Å². The van der Waals surface area contributed by atoms with E-state index in [1.54, 1.807) is 6.92 Å². The van der Waals surface area contributed by atoms with Crippen molar-refractivity contribution in [2.45, 2.75) is 26.8 Å². The van der Waals surface area contributed by atoms with Gasteiger partial charge in [0.05, 0.1) is 10.5 Å². The summed E-state index contributed by atoms with van der Waals surface area (Å²) in [6.07, 6.45) is 0.471. The lowest BCUT2D eigenvalue weighted by Gasteiger charge is -2.07. The van der Waals surface area contributed by atoms with Gasteiger partial charge in [0, 0.05) is 24.0 Å². The van der Waals surface area contributed by atoms with E-state index in [1.807, 2.05) is 24.3 Å². The van der Waals surface area contributed by atoms with Gasteiger partial charge in [-0.25, -0.2) is 0 Å². The fourth-order valence-corrected chi connectivity index (χ4v) is 2.38. The number of aryl methyl sites for hydroxylation is 1. The molecule has 84 valence electrons.